The van der Waals surface area contributed by atoms with E-state index in [1.807, 2.05) is 0 Å². The molecule has 0 radical (unpaired) electrons. The number of benzene rings is 2. The van der Waals surface area contributed by atoms with Gasteiger partial charge in [0.15, 0.2) is 17.3 Å². The molecule has 176 valence electrons. The second-order valence-electron chi connectivity index (χ2n) is 6.47. The zero-order valence-electron chi connectivity index (χ0n) is 17.3. The maximum atomic E-state index is 12.9. The number of para-hydroxylation sites is 2. The molecule has 3 rings (SSSR count). The molecule has 8 nitrogen and oxygen atoms in total. The number of rotatable bonds is 8. The van der Waals surface area contributed by atoms with Crippen LogP contribution in [-0.2, 0) is 16.4 Å². The van der Waals surface area contributed by atoms with Crippen molar-refractivity contribution in [2.45, 2.75) is 17.0 Å². The Morgan fingerprint density at radius 1 is 0.970 bits per heavy atom. The third-order valence-electron chi connectivity index (χ3n) is 4.36. The highest BCUT2D eigenvalue weighted by atomic mass is 32.2. The molecule has 0 aliphatic heterocycles. The Morgan fingerprint density at radius 3 is 2.27 bits per heavy atom. The van der Waals surface area contributed by atoms with Gasteiger partial charge in [0.05, 0.1) is 24.8 Å². The van der Waals surface area contributed by atoms with Crippen LogP contribution in [0.3, 0.4) is 0 Å². The number of hydrogen-bond donors (Lipinski definition) is 1. The van der Waals surface area contributed by atoms with Crippen LogP contribution in [0.2, 0.25) is 0 Å². The van der Waals surface area contributed by atoms with Crippen LogP contribution >= 0.6 is 0 Å². The van der Waals surface area contributed by atoms with Gasteiger partial charge in [-0.15, -0.1) is 0 Å². The molecule has 0 fully saturated rings. The quantitative estimate of drug-likeness (QED) is 0.504. The highest BCUT2D eigenvalue weighted by Crippen LogP contribution is 2.35. The van der Waals surface area contributed by atoms with Crippen LogP contribution in [0.5, 0.6) is 17.2 Å². The lowest BCUT2D eigenvalue weighted by molar-refractivity contribution is -0.0436. The van der Waals surface area contributed by atoms with Crippen molar-refractivity contribution in [2.24, 2.45) is 0 Å². The highest BCUT2D eigenvalue weighted by Gasteiger charge is 2.47. The van der Waals surface area contributed by atoms with Crippen LogP contribution in [0.15, 0.2) is 63.9 Å². The van der Waals surface area contributed by atoms with Crippen LogP contribution in [0, 0.1) is 0 Å². The molecule has 0 spiro atoms. The summed E-state index contributed by atoms with van der Waals surface area (Å²) in [6.07, 6.45) is 0. The molecule has 0 unspecified atom stereocenters. The van der Waals surface area contributed by atoms with Crippen molar-refractivity contribution < 1.29 is 45.0 Å². The smallest absolute Gasteiger partial charge is 0.495 e. The number of hydrogen-bond acceptors (Lipinski definition) is 7. The van der Waals surface area contributed by atoms with Crippen LogP contribution in [0.25, 0.3) is 0 Å². The number of sulfone groups is 1. The first-order valence-electron chi connectivity index (χ1n) is 9.22. The Morgan fingerprint density at radius 2 is 1.64 bits per heavy atom. The number of alkyl halides is 3. The summed E-state index contributed by atoms with van der Waals surface area (Å²) in [6.45, 7) is -0.0315. The predicted octanol–water partition coefficient (Wildman–Crippen LogP) is 4.42. The van der Waals surface area contributed by atoms with Crippen molar-refractivity contribution in [1.82, 2.24) is 0 Å². The van der Waals surface area contributed by atoms with Gasteiger partial charge in [-0.1, -0.05) is 12.1 Å². The maximum absolute atomic E-state index is 12.9. The number of amides is 1. The summed E-state index contributed by atoms with van der Waals surface area (Å²) in [5, 5.41) is 2.30. The summed E-state index contributed by atoms with van der Waals surface area (Å²) in [7, 11) is -2.92. The molecule has 1 aromatic heterocycles. The number of anilines is 1. The predicted molar refractivity (Wildman–Crippen MR) is 110 cm³/mol. The van der Waals surface area contributed by atoms with Crippen molar-refractivity contribution in [3.63, 3.8) is 0 Å². The van der Waals surface area contributed by atoms with Crippen molar-refractivity contribution in [3.8, 4) is 17.2 Å². The van der Waals surface area contributed by atoms with E-state index >= 15 is 0 Å². The van der Waals surface area contributed by atoms with Gasteiger partial charge in [0.2, 0.25) is 0 Å². The van der Waals surface area contributed by atoms with E-state index in [1.165, 1.54) is 26.4 Å². The molecule has 2 aromatic carbocycles. The molecule has 33 heavy (non-hydrogen) atoms. The molecule has 1 heterocycles. The second kappa shape index (κ2) is 9.45. The monoisotopic (exact) mass is 485 g/mol. The zero-order valence-corrected chi connectivity index (χ0v) is 18.1. The number of carbonyl (C=O) groups excluding carboxylic acids is 1. The van der Waals surface area contributed by atoms with Crippen molar-refractivity contribution in [2.75, 3.05) is 19.5 Å². The van der Waals surface area contributed by atoms with Gasteiger partial charge in [0.25, 0.3) is 15.7 Å². The first-order chi connectivity index (χ1) is 15.6. The first-order valence-corrected chi connectivity index (χ1v) is 10.7. The molecule has 0 saturated heterocycles. The summed E-state index contributed by atoms with van der Waals surface area (Å²) in [5.74, 6) is 0.179. The largest absolute Gasteiger partial charge is 0.501 e. The molecule has 0 aliphatic rings. The molecule has 0 bridgehead atoms. The maximum Gasteiger partial charge on any atom is 0.501 e. The van der Waals surface area contributed by atoms with Gasteiger partial charge in [0, 0.05) is 0 Å². The van der Waals surface area contributed by atoms with E-state index in [9.17, 15) is 26.4 Å². The molecule has 0 atom stereocenters. The van der Waals surface area contributed by atoms with Gasteiger partial charge in [0.1, 0.15) is 18.1 Å². The van der Waals surface area contributed by atoms with E-state index in [1.54, 1.807) is 24.3 Å². The Hall–Kier alpha value is -3.67. The molecular weight excluding hydrogens is 467 g/mol. The van der Waals surface area contributed by atoms with Crippen LogP contribution in [-0.4, -0.2) is 34.1 Å². The standard InChI is InChI=1S/C21H18F3NO7S/c1-29-16-10-8-14(33(27,28)21(22,23)24)11-15(16)25-20(26)19-9-7-13(32-19)12-31-18-6-4-3-5-17(18)30-2/h3-11H,12H2,1-2H3,(H,25,26). The van der Waals surface area contributed by atoms with Gasteiger partial charge in [-0.3, -0.25) is 4.79 Å². The molecule has 0 aliphatic carbocycles. The van der Waals surface area contributed by atoms with Crippen LogP contribution < -0.4 is 19.5 Å². The number of methoxy groups -OCH3 is 2. The molecule has 0 saturated carbocycles. The van der Waals surface area contributed by atoms with E-state index in [2.05, 4.69) is 5.32 Å². The average Bonchev–Trinajstić information content (AvgIpc) is 3.26. The minimum atomic E-state index is -5.62. The normalized spacial score (nSPS) is 11.7. The molecule has 1 N–H and O–H groups in total. The summed E-state index contributed by atoms with van der Waals surface area (Å²) >= 11 is 0. The lowest BCUT2D eigenvalue weighted by Gasteiger charge is -2.13. The Balaban J connectivity index is 1.77. The number of ether oxygens (including phenoxy) is 3. The SMILES string of the molecule is COc1ccc(S(=O)(=O)C(F)(F)F)cc1NC(=O)c1ccc(COc2ccccc2OC)o1. The van der Waals surface area contributed by atoms with E-state index in [0.717, 1.165) is 12.1 Å². The Labute approximate surface area is 186 Å². The summed E-state index contributed by atoms with van der Waals surface area (Å²) in [6, 6.07) is 12.1. The van der Waals surface area contributed by atoms with E-state index < -0.39 is 26.1 Å². The first kappa shape index (κ1) is 24.0. The Kier molecular flexibility index (Phi) is 6.86. The van der Waals surface area contributed by atoms with Gasteiger partial charge >= 0.3 is 5.51 Å². The summed E-state index contributed by atoms with van der Waals surface area (Å²) < 4.78 is 83.2. The fourth-order valence-electron chi connectivity index (χ4n) is 2.73. The minimum absolute atomic E-state index is 0.0315. The van der Waals surface area contributed by atoms with Crippen LogP contribution in [0.1, 0.15) is 16.3 Å². The summed E-state index contributed by atoms with van der Waals surface area (Å²) in [5.41, 5.74) is -5.78. The summed E-state index contributed by atoms with van der Waals surface area (Å²) in [4.78, 5) is 11.5. The minimum Gasteiger partial charge on any atom is -0.495 e. The second-order valence-corrected chi connectivity index (χ2v) is 8.41. The van der Waals surface area contributed by atoms with Gasteiger partial charge in [-0.25, -0.2) is 8.42 Å². The number of furan rings is 1. The van der Waals surface area contributed by atoms with Crippen molar-refractivity contribution in [1.29, 1.82) is 0 Å². The fourth-order valence-corrected chi connectivity index (χ4v) is 3.52. The van der Waals surface area contributed by atoms with Gasteiger partial charge in [-0.2, -0.15) is 13.2 Å². The number of carbonyl (C=O) groups is 1. The van der Waals surface area contributed by atoms with E-state index in [0.29, 0.717) is 17.6 Å². The highest BCUT2D eigenvalue weighted by molar-refractivity contribution is 7.92. The molecule has 1 amide bonds. The van der Waals surface area contributed by atoms with Crippen molar-refractivity contribution >= 4 is 21.4 Å². The number of halogens is 3. The Bertz CT molecular complexity index is 1250. The van der Waals surface area contributed by atoms with E-state index in [-0.39, 0.29) is 29.6 Å². The van der Waals surface area contributed by atoms with Gasteiger partial charge in [-0.05, 0) is 42.5 Å². The lowest BCUT2D eigenvalue weighted by atomic mass is 10.3. The topological polar surface area (TPSA) is 104 Å². The molecular formula is C21H18F3NO7S. The van der Waals surface area contributed by atoms with E-state index in [4.69, 9.17) is 18.6 Å². The molecule has 12 heteroatoms. The zero-order chi connectivity index (χ0) is 24.2. The lowest BCUT2D eigenvalue weighted by Crippen LogP contribution is -2.23. The number of nitrogens with one attached hydrogen (secondary N) is 1. The van der Waals surface area contributed by atoms with Crippen molar-refractivity contribution in [3.05, 3.63) is 66.1 Å². The van der Waals surface area contributed by atoms with Crippen LogP contribution in [0.4, 0.5) is 18.9 Å². The fraction of sp³-hybridized carbons (Fsp3) is 0.190. The van der Waals surface area contributed by atoms with Gasteiger partial charge < -0.3 is 23.9 Å². The third kappa shape index (κ3) is 5.22. The third-order valence-corrected chi connectivity index (χ3v) is 5.84. The molecule has 3 aromatic rings. The average molecular weight is 485 g/mol.